The first-order valence-electron chi connectivity index (χ1n) is 7.62. The van der Waals surface area contributed by atoms with E-state index in [1.807, 2.05) is 0 Å². The normalized spacial score (nSPS) is 37.9. The van der Waals surface area contributed by atoms with Crippen LogP contribution >= 0.6 is 0 Å². The third-order valence-corrected chi connectivity index (χ3v) is 5.15. The number of nitrogens with one attached hydrogen (secondary N) is 1. The molecule has 0 bridgehead atoms. The van der Waals surface area contributed by atoms with E-state index < -0.39 is 0 Å². The fourth-order valence-electron chi connectivity index (χ4n) is 3.62. The maximum absolute atomic E-state index is 3.44. The average molecular weight is 238 g/mol. The fourth-order valence-corrected chi connectivity index (χ4v) is 3.62. The Balaban J connectivity index is 1.84. The van der Waals surface area contributed by atoms with Crippen molar-refractivity contribution in [2.45, 2.75) is 64.5 Å². The zero-order valence-corrected chi connectivity index (χ0v) is 11.9. The Morgan fingerprint density at radius 1 is 1.12 bits per heavy atom. The van der Waals surface area contributed by atoms with Crippen LogP contribution in [-0.4, -0.2) is 37.1 Å². The predicted molar refractivity (Wildman–Crippen MR) is 74.2 cm³/mol. The van der Waals surface area contributed by atoms with Gasteiger partial charge in [-0.2, -0.15) is 0 Å². The van der Waals surface area contributed by atoms with Gasteiger partial charge in [0.2, 0.25) is 0 Å². The van der Waals surface area contributed by atoms with Crippen LogP contribution in [0.15, 0.2) is 0 Å². The van der Waals surface area contributed by atoms with Gasteiger partial charge in [0.25, 0.3) is 0 Å². The second kappa shape index (κ2) is 6.19. The summed E-state index contributed by atoms with van der Waals surface area (Å²) in [7, 11) is 2.10. The number of likely N-dealkylation sites (tertiary alicyclic amines) is 1. The van der Waals surface area contributed by atoms with Crippen LogP contribution in [0.4, 0.5) is 0 Å². The molecule has 2 aliphatic rings. The molecule has 2 nitrogen and oxygen atoms in total. The van der Waals surface area contributed by atoms with E-state index in [4.69, 9.17) is 0 Å². The molecule has 2 atom stereocenters. The molecule has 0 aromatic rings. The molecule has 1 heterocycles. The highest BCUT2D eigenvalue weighted by Gasteiger charge is 2.30. The summed E-state index contributed by atoms with van der Waals surface area (Å²) in [5.41, 5.74) is 0. The first kappa shape index (κ1) is 13.4. The van der Waals surface area contributed by atoms with E-state index >= 15 is 0 Å². The molecule has 2 rings (SSSR count). The maximum Gasteiger partial charge on any atom is 0.00955 e. The van der Waals surface area contributed by atoms with Crippen molar-refractivity contribution in [1.29, 1.82) is 0 Å². The van der Waals surface area contributed by atoms with Gasteiger partial charge in [-0.25, -0.2) is 0 Å². The summed E-state index contributed by atoms with van der Waals surface area (Å²) in [6, 6.07) is 1.58. The van der Waals surface area contributed by atoms with E-state index in [0.717, 1.165) is 17.9 Å². The molecule has 2 unspecified atom stereocenters. The molecule has 0 aromatic carbocycles. The number of rotatable bonds is 3. The standard InChI is InChI=1S/C15H30N2/c1-12-6-8-15(9-7-12)17-10-4-5-14(11-17)13(2)16-3/h12-16H,4-11H2,1-3H3. The second-order valence-electron chi connectivity index (χ2n) is 6.39. The van der Waals surface area contributed by atoms with Gasteiger partial charge in [-0.15, -0.1) is 0 Å². The number of hydrogen-bond acceptors (Lipinski definition) is 2. The second-order valence-corrected chi connectivity index (χ2v) is 6.39. The van der Waals surface area contributed by atoms with E-state index in [1.165, 1.54) is 51.6 Å². The van der Waals surface area contributed by atoms with Crippen LogP contribution in [0.5, 0.6) is 0 Å². The van der Waals surface area contributed by atoms with Gasteiger partial charge in [0, 0.05) is 18.6 Å². The van der Waals surface area contributed by atoms with Gasteiger partial charge in [0.05, 0.1) is 0 Å². The zero-order valence-electron chi connectivity index (χ0n) is 11.9. The molecule has 1 saturated carbocycles. The highest BCUT2D eigenvalue weighted by atomic mass is 15.2. The summed E-state index contributed by atoms with van der Waals surface area (Å²) >= 11 is 0. The Morgan fingerprint density at radius 2 is 1.82 bits per heavy atom. The quantitative estimate of drug-likeness (QED) is 0.813. The summed E-state index contributed by atoms with van der Waals surface area (Å²) in [6.45, 7) is 7.45. The molecule has 0 spiro atoms. The Bertz CT molecular complexity index is 221. The van der Waals surface area contributed by atoms with Gasteiger partial charge in [-0.05, 0) is 70.9 Å². The maximum atomic E-state index is 3.44. The summed E-state index contributed by atoms with van der Waals surface area (Å²) in [5.74, 6) is 1.84. The third-order valence-electron chi connectivity index (χ3n) is 5.15. The predicted octanol–water partition coefficient (Wildman–Crippen LogP) is 2.89. The van der Waals surface area contributed by atoms with Gasteiger partial charge in [0.1, 0.15) is 0 Å². The molecule has 17 heavy (non-hydrogen) atoms. The zero-order chi connectivity index (χ0) is 12.3. The molecule has 1 aliphatic carbocycles. The van der Waals surface area contributed by atoms with Crippen molar-refractivity contribution in [3.63, 3.8) is 0 Å². The summed E-state index contributed by atoms with van der Waals surface area (Å²) < 4.78 is 0. The van der Waals surface area contributed by atoms with E-state index in [-0.39, 0.29) is 0 Å². The van der Waals surface area contributed by atoms with Crippen LogP contribution in [0, 0.1) is 11.8 Å². The summed E-state index contributed by atoms with van der Waals surface area (Å²) in [6.07, 6.45) is 8.62. The summed E-state index contributed by atoms with van der Waals surface area (Å²) in [4.78, 5) is 2.80. The first-order chi connectivity index (χ1) is 8.20. The van der Waals surface area contributed by atoms with Crippen LogP contribution in [0.2, 0.25) is 0 Å². The Labute approximate surface area is 107 Å². The van der Waals surface area contributed by atoms with Crippen LogP contribution in [0.1, 0.15) is 52.4 Å². The van der Waals surface area contributed by atoms with Crippen LogP contribution in [0.25, 0.3) is 0 Å². The van der Waals surface area contributed by atoms with Crippen LogP contribution in [-0.2, 0) is 0 Å². The molecule has 1 aliphatic heterocycles. The van der Waals surface area contributed by atoms with Gasteiger partial charge in [-0.1, -0.05) is 6.92 Å². The van der Waals surface area contributed by atoms with Gasteiger partial charge >= 0.3 is 0 Å². The van der Waals surface area contributed by atoms with Crippen molar-refractivity contribution < 1.29 is 0 Å². The molecule has 100 valence electrons. The Hall–Kier alpha value is -0.0800. The minimum atomic E-state index is 0.681. The minimum Gasteiger partial charge on any atom is -0.317 e. The van der Waals surface area contributed by atoms with Crippen molar-refractivity contribution in [2.24, 2.45) is 11.8 Å². The van der Waals surface area contributed by atoms with E-state index in [0.29, 0.717) is 6.04 Å². The van der Waals surface area contributed by atoms with Crippen molar-refractivity contribution in [2.75, 3.05) is 20.1 Å². The van der Waals surface area contributed by atoms with Crippen LogP contribution < -0.4 is 5.32 Å². The average Bonchev–Trinajstić information content (AvgIpc) is 2.39. The molecule has 1 saturated heterocycles. The minimum absolute atomic E-state index is 0.681. The topological polar surface area (TPSA) is 15.3 Å². The van der Waals surface area contributed by atoms with Crippen molar-refractivity contribution in [3.05, 3.63) is 0 Å². The lowest BCUT2D eigenvalue weighted by molar-refractivity contribution is 0.0792. The SMILES string of the molecule is CNC(C)C1CCCN(C2CCC(C)CC2)C1. The lowest BCUT2D eigenvalue weighted by Crippen LogP contribution is -2.48. The van der Waals surface area contributed by atoms with Crippen LogP contribution in [0.3, 0.4) is 0 Å². The molecule has 0 amide bonds. The highest BCUT2D eigenvalue weighted by Crippen LogP contribution is 2.30. The largest absolute Gasteiger partial charge is 0.317 e. The van der Waals surface area contributed by atoms with Crippen molar-refractivity contribution in [3.8, 4) is 0 Å². The molecular formula is C15H30N2. The Kier molecular flexibility index (Phi) is 4.87. The lowest BCUT2D eigenvalue weighted by atomic mass is 9.84. The first-order valence-corrected chi connectivity index (χ1v) is 7.62. The highest BCUT2D eigenvalue weighted by molar-refractivity contribution is 4.85. The lowest BCUT2D eigenvalue weighted by Gasteiger charge is -2.42. The van der Waals surface area contributed by atoms with E-state index in [1.54, 1.807) is 0 Å². The molecule has 1 N–H and O–H groups in total. The molecule has 2 fully saturated rings. The smallest absolute Gasteiger partial charge is 0.00955 e. The third kappa shape index (κ3) is 3.45. The number of nitrogens with zero attached hydrogens (tertiary/aromatic N) is 1. The molecule has 0 aromatic heterocycles. The van der Waals surface area contributed by atoms with E-state index in [2.05, 4.69) is 31.1 Å². The summed E-state index contributed by atoms with van der Waals surface area (Å²) in [5, 5.41) is 3.44. The fraction of sp³-hybridized carbons (Fsp3) is 1.00. The van der Waals surface area contributed by atoms with Crippen molar-refractivity contribution >= 4 is 0 Å². The Morgan fingerprint density at radius 3 is 2.47 bits per heavy atom. The molecular weight excluding hydrogens is 208 g/mol. The van der Waals surface area contributed by atoms with Gasteiger partial charge < -0.3 is 10.2 Å². The van der Waals surface area contributed by atoms with E-state index in [9.17, 15) is 0 Å². The number of hydrogen-bond donors (Lipinski definition) is 1. The molecule has 2 heteroatoms. The monoisotopic (exact) mass is 238 g/mol. The van der Waals surface area contributed by atoms with Gasteiger partial charge in [0.15, 0.2) is 0 Å². The van der Waals surface area contributed by atoms with Crippen molar-refractivity contribution in [1.82, 2.24) is 10.2 Å². The number of piperidine rings is 1. The molecule has 0 radical (unpaired) electrons. The van der Waals surface area contributed by atoms with Gasteiger partial charge in [-0.3, -0.25) is 0 Å².